The summed E-state index contributed by atoms with van der Waals surface area (Å²) in [6.07, 6.45) is 0. The first-order valence-corrected chi connectivity index (χ1v) is 3.81. The van der Waals surface area contributed by atoms with Crippen molar-refractivity contribution in [2.75, 3.05) is 19.0 Å². The summed E-state index contributed by atoms with van der Waals surface area (Å²) >= 11 is 0. The molecule has 0 heterocycles. The van der Waals surface area contributed by atoms with Crippen LogP contribution in [0, 0.1) is 5.82 Å². The molecule has 2 N–H and O–H groups in total. The van der Waals surface area contributed by atoms with Gasteiger partial charge in [-0.2, -0.15) is 0 Å². The minimum atomic E-state index is -0.233. The van der Waals surface area contributed by atoms with Crippen LogP contribution in [-0.2, 0) is 6.54 Å². The van der Waals surface area contributed by atoms with E-state index >= 15 is 0 Å². The molecule has 0 aromatic heterocycles. The summed E-state index contributed by atoms with van der Waals surface area (Å²) in [5.74, 6) is -0.233. The molecular formula is C9H13FN2. The maximum Gasteiger partial charge on any atom is 0.129 e. The SMILES string of the molecule is CN(C)c1ccc(CN)c(F)c1. The summed E-state index contributed by atoms with van der Waals surface area (Å²) < 4.78 is 13.1. The Balaban J connectivity index is 3.02. The molecule has 3 heteroatoms. The Kier molecular flexibility index (Phi) is 2.65. The van der Waals surface area contributed by atoms with Gasteiger partial charge in [-0.05, 0) is 12.1 Å². The predicted octanol–water partition coefficient (Wildman–Crippen LogP) is 1.35. The number of halogens is 1. The number of hydrogen-bond donors (Lipinski definition) is 1. The summed E-state index contributed by atoms with van der Waals surface area (Å²) in [7, 11) is 3.74. The smallest absolute Gasteiger partial charge is 0.129 e. The third-order valence-corrected chi connectivity index (χ3v) is 1.77. The van der Waals surface area contributed by atoms with Gasteiger partial charge in [-0.15, -0.1) is 0 Å². The molecule has 0 aliphatic carbocycles. The van der Waals surface area contributed by atoms with Gasteiger partial charge in [-0.25, -0.2) is 4.39 Å². The van der Waals surface area contributed by atoms with Crippen molar-refractivity contribution in [2.45, 2.75) is 6.54 Å². The van der Waals surface area contributed by atoms with Gasteiger partial charge >= 0.3 is 0 Å². The van der Waals surface area contributed by atoms with Crippen molar-refractivity contribution in [2.24, 2.45) is 5.73 Å². The van der Waals surface area contributed by atoms with Crippen molar-refractivity contribution >= 4 is 5.69 Å². The number of hydrogen-bond acceptors (Lipinski definition) is 2. The molecule has 1 aromatic rings. The van der Waals surface area contributed by atoms with Gasteiger partial charge in [0.05, 0.1) is 0 Å². The Morgan fingerprint density at radius 1 is 1.42 bits per heavy atom. The molecule has 1 rings (SSSR count). The van der Waals surface area contributed by atoms with Crippen LogP contribution < -0.4 is 10.6 Å². The van der Waals surface area contributed by atoms with Gasteiger partial charge in [0.1, 0.15) is 5.82 Å². The molecule has 0 atom stereocenters. The van der Waals surface area contributed by atoms with Gasteiger partial charge in [-0.3, -0.25) is 0 Å². The van der Waals surface area contributed by atoms with Gasteiger partial charge in [0, 0.05) is 31.9 Å². The lowest BCUT2D eigenvalue weighted by Crippen LogP contribution is -2.09. The monoisotopic (exact) mass is 168 g/mol. The van der Waals surface area contributed by atoms with Crippen molar-refractivity contribution in [1.82, 2.24) is 0 Å². The molecule has 0 saturated carbocycles. The van der Waals surface area contributed by atoms with Gasteiger partial charge in [0.15, 0.2) is 0 Å². The second kappa shape index (κ2) is 3.54. The lowest BCUT2D eigenvalue weighted by atomic mass is 10.2. The van der Waals surface area contributed by atoms with Crippen LogP contribution in [0.1, 0.15) is 5.56 Å². The van der Waals surface area contributed by atoms with Crippen molar-refractivity contribution in [1.29, 1.82) is 0 Å². The van der Waals surface area contributed by atoms with E-state index in [-0.39, 0.29) is 12.4 Å². The zero-order chi connectivity index (χ0) is 9.14. The molecule has 0 aliphatic heterocycles. The normalized spacial score (nSPS) is 10.0. The quantitative estimate of drug-likeness (QED) is 0.722. The topological polar surface area (TPSA) is 29.3 Å². The highest BCUT2D eigenvalue weighted by Crippen LogP contribution is 2.15. The maximum atomic E-state index is 13.1. The Morgan fingerprint density at radius 3 is 2.50 bits per heavy atom. The first kappa shape index (κ1) is 9.00. The van der Waals surface area contributed by atoms with Crippen LogP contribution in [0.25, 0.3) is 0 Å². The van der Waals surface area contributed by atoms with E-state index in [2.05, 4.69) is 0 Å². The highest BCUT2D eigenvalue weighted by Gasteiger charge is 2.02. The fraction of sp³-hybridized carbons (Fsp3) is 0.333. The molecule has 1 aromatic carbocycles. The first-order chi connectivity index (χ1) is 5.65. The van der Waals surface area contributed by atoms with Crippen LogP contribution in [0.15, 0.2) is 18.2 Å². The molecule has 2 nitrogen and oxygen atoms in total. The number of anilines is 1. The molecule has 12 heavy (non-hydrogen) atoms. The van der Waals surface area contributed by atoms with E-state index in [1.807, 2.05) is 25.1 Å². The average Bonchev–Trinajstić information content (AvgIpc) is 2.04. The van der Waals surface area contributed by atoms with Crippen LogP contribution in [0.3, 0.4) is 0 Å². The molecule has 0 unspecified atom stereocenters. The molecule has 0 aliphatic rings. The molecule has 0 amide bonds. The summed E-state index contributed by atoms with van der Waals surface area (Å²) in [6, 6.07) is 5.05. The Labute approximate surface area is 71.8 Å². The average molecular weight is 168 g/mol. The van der Waals surface area contributed by atoms with E-state index in [4.69, 9.17) is 5.73 Å². The second-order valence-electron chi connectivity index (χ2n) is 2.87. The lowest BCUT2D eigenvalue weighted by Gasteiger charge is -2.12. The van der Waals surface area contributed by atoms with Gasteiger partial charge in [-0.1, -0.05) is 6.07 Å². The highest BCUT2D eigenvalue weighted by atomic mass is 19.1. The first-order valence-electron chi connectivity index (χ1n) is 3.81. The predicted molar refractivity (Wildman–Crippen MR) is 48.6 cm³/mol. The zero-order valence-electron chi connectivity index (χ0n) is 7.34. The third kappa shape index (κ3) is 1.74. The Morgan fingerprint density at radius 2 is 2.08 bits per heavy atom. The molecule has 66 valence electrons. The minimum absolute atomic E-state index is 0.233. The highest BCUT2D eigenvalue weighted by molar-refractivity contribution is 5.46. The fourth-order valence-electron chi connectivity index (χ4n) is 0.980. The summed E-state index contributed by atoms with van der Waals surface area (Å²) in [5, 5.41) is 0. The summed E-state index contributed by atoms with van der Waals surface area (Å²) in [4.78, 5) is 1.85. The number of benzene rings is 1. The number of nitrogens with zero attached hydrogens (tertiary/aromatic N) is 1. The third-order valence-electron chi connectivity index (χ3n) is 1.77. The Bertz CT molecular complexity index is 271. The van der Waals surface area contributed by atoms with Crippen LogP contribution >= 0.6 is 0 Å². The van der Waals surface area contributed by atoms with Crippen molar-refractivity contribution in [3.8, 4) is 0 Å². The van der Waals surface area contributed by atoms with E-state index in [9.17, 15) is 4.39 Å². The minimum Gasteiger partial charge on any atom is -0.378 e. The standard InChI is InChI=1S/C9H13FN2/c1-12(2)8-4-3-7(6-11)9(10)5-8/h3-5H,6,11H2,1-2H3. The van der Waals surface area contributed by atoms with Crippen molar-refractivity contribution in [3.63, 3.8) is 0 Å². The van der Waals surface area contributed by atoms with Crippen LogP contribution in [0.4, 0.5) is 10.1 Å². The largest absolute Gasteiger partial charge is 0.378 e. The second-order valence-corrected chi connectivity index (χ2v) is 2.87. The van der Waals surface area contributed by atoms with E-state index in [1.165, 1.54) is 6.07 Å². The van der Waals surface area contributed by atoms with Gasteiger partial charge < -0.3 is 10.6 Å². The molecule has 0 bridgehead atoms. The van der Waals surface area contributed by atoms with E-state index < -0.39 is 0 Å². The van der Waals surface area contributed by atoms with E-state index in [0.717, 1.165) is 5.69 Å². The molecule has 0 radical (unpaired) electrons. The van der Waals surface area contributed by atoms with Gasteiger partial charge in [0.2, 0.25) is 0 Å². The molecule has 0 fully saturated rings. The lowest BCUT2D eigenvalue weighted by molar-refractivity contribution is 0.610. The zero-order valence-corrected chi connectivity index (χ0v) is 7.34. The van der Waals surface area contributed by atoms with Gasteiger partial charge in [0.25, 0.3) is 0 Å². The summed E-state index contributed by atoms with van der Waals surface area (Å²) in [5.41, 5.74) is 6.73. The molecular weight excluding hydrogens is 155 g/mol. The number of nitrogens with two attached hydrogens (primary N) is 1. The van der Waals surface area contributed by atoms with Crippen molar-refractivity contribution in [3.05, 3.63) is 29.6 Å². The fourth-order valence-corrected chi connectivity index (χ4v) is 0.980. The van der Waals surface area contributed by atoms with Crippen LogP contribution in [0.2, 0.25) is 0 Å². The summed E-state index contributed by atoms with van der Waals surface area (Å²) in [6.45, 7) is 0.250. The van der Waals surface area contributed by atoms with Crippen LogP contribution in [0.5, 0.6) is 0 Å². The van der Waals surface area contributed by atoms with E-state index in [0.29, 0.717) is 5.56 Å². The molecule has 0 saturated heterocycles. The maximum absolute atomic E-state index is 13.1. The van der Waals surface area contributed by atoms with E-state index in [1.54, 1.807) is 6.07 Å². The Hall–Kier alpha value is -1.09. The van der Waals surface area contributed by atoms with Crippen molar-refractivity contribution < 1.29 is 4.39 Å². The number of rotatable bonds is 2. The molecule has 0 spiro atoms. The van der Waals surface area contributed by atoms with Crippen LogP contribution in [-0.4, -0.2) is 14.1 Å².